The Balaban J connectivity index is 1.53. The van der Waals surface area contributed by atoms with Gasteiger partial charge >= 0.3 is 0 Å². The summed E-state index contributed by atoms with van der Waals surface area (Å²) in [6, 6.07) is 14.7. The molecular formula is C21H19FN4OS. The second kappa shape index (κ2) is 6.83. The third-order valence-corrected chi connectivity index (χ3v) is 6.59. The Morgan fingerprint density at radius 1 is 1.18 bits per heavy atom. The van der Waals surface area contributed by atoms with Crippen LogP contribution in [0.2, 0.25) is 0 Å². The number of halogens is 1. The second-order valence-electron chi connectivity index (χ2n) is 7.22. The van der Waals surface area contributed by atoms with E-state index in [0.717, 1.165) is 25.1 Å². The molecule has 5 rings (SSSR count). The number of thioether (sulfide) groups is 1. The van der Waals surface area contributed by atoms with Crippen molar-refractivity contribution in [3.8, 4) is 0 Å². The molecule has 2 aliphatic rings. The molecule has 0 radical (unpaired) electrons. The van der Waals surface area contributed by atoms with E-state index >= 15 is 0 Å². The van der Waals surface area contributed by atoms with Crippen molar-refractivity contribution in [3.63, 3.8) is 0 Å². The molecule has 3 heterocycles. The molecule has 1 aromatic heterocycles. The summed E-state index contributed by atoms with van der Waals surface area (Å²) in [6.45, 7) is 3.33. The SMILES string of the molecule is Cc1nc2n(n1)C(=O)C(C(c1cccc(F)c1)N1CCc3ccccc3C1)S2. The maximum absolute atomic E-state index is 14.0. The van der Waals surface area contributed by atoms with Crippen molar-refractivity contribution in [2.75, 3.05) is 6.54 Å². The summed E-state index contributed by atoms with van der Waals surface area (Å²) in [5.74, 6) is 0.208. The maximum atomic E-state index is 14.0. The first-order chi connectivity index (χ1) is 13.6. The van der Waals surface area contributed by atoms with Crippen LogP contribution in [0.15, 0.2) is 53.7 Å². The van der Waals surface area contributed by atoms with Crippen molar-refractivity contribution >= 4 is 17.7 Å². The van der Waals surface area contributed by atoms with Crippen LogP contribution in [0.5, 0.6) is 0 Å². The van der Waals surface area contributed by atoms with Crippen molar-refractivity contribution in [2.45, 2.75) is 36.3 Å². The zero-order valence-electron chi connectivity index (χ0n) is 15.4. The lowest BCUT2D eigenvalue weighted by molar-refractivity contribution is 0.0824. The lowest BCUT2D eigenvalue weighted by atomic mass is 9.94. The van der Waals surface area contributed by atoms with Crippen molar-refractivity contribution in [2.24, 2.45) is 0 Å². The van der Waals surface area contributed by atoms with E-state index in [1.807, 2.05) is 12.1 Å². The van der Waals surface area contributed by atoms with Crippen LogP contribution in [-0.4, -0.2) is 37.4 Å². The van der Waals surface area contributed by atoms with E-state index in [0.29, 0.717) is 11.0 Å². The number of hydrogen-bond donors (Lipinski definition) is 0. The number of hydrogen-bond acceptors (Lipinski definition) is 5. The fourth-order valence-corrected chi connectivity index (χ4v) is 5.42. The third-order valence-electron chi connectivity index (χ3n) is 5.40. The largest absolute Gasteiger partial charge is 0.290 e. The Morgan fingerprint density at radius 2 is 2.00 bits per heavy atom. The van der Waals surface area contributed by atoms with Crippen molar-refractivity contribution in [1.82, 2.24) is 19.7 Å². The first-order valence-electron chi connectivity index (χ1n) is 9.31. The fourth-order valence-electron chi connectivity index (χ4n) is 4.12. The minimum atomic E-state index is -0.400. The van der Waals surface area contributed by atoms with Crippen LogP contribution < -0.4 is 0 Å². The van der Waals surface area contributed by atoms with Crippen LogP contribution in [0, 0.1) is 12.7 Å². The topological polar surface area (TPSA) is 51.0 Å². The van der Waals surface area contributed by atoms with E-state index in [-0.39, 0.29) is 17.8 Å². The van der Waals surface area contributed by atoms with Crippen molar-refractivity contribution in [1.29, 1.82) is 0 Å². The van der Waals surface area contributed by atoms with Gasteiger partial charge in [-0.2, -0.15) is 4.68 Å². The average Bonchev–Trinajstić information content (AvgIpc) is 3.20. The highest BCUT2D eigenvalue weighted by molar-refractivity contribution is 8.00. The van der Waals surface area contributed by atoms with Crippen LogP contribution >= 0.6 is 11.8 Å². The number of nitrogens with zero attached hydrogens (tertiary/aromatic N) is 4. The second-order valence-corrected chi connectivity index (χ2v) is 8.33. The number of carbonyl (C=O) groups excluding carboxylic acids is 1. The predicted octanol–water partition coefficient (Wildman–Crippen LogP) is 3.64. The third kappa shape index (κ3) is 2.95. The van der Waals surface area contributed by atoms with Crippen LogP contribution in [-0.2, 0) is 13.0 Å². The van der Waals surface area contributed by atoms with Crippen molar-refractivity contribution in [3.05, 3.63) is 76.9 Å². The smallest absolute Gasteiger partial charge is 0.264 e. The van der Waals surface area contributed by atoms with E-state index < -0.39 is 5.25 Å². The van der Waals surface area contributed by atoms with E-state index in [9.17, 15) is 9.18 Å². The van der Waals surface area contributed by atoms with Gasteiger partial charge in [-0.15, -0.1) is 5.10 Å². The van der Waals surface area contributed by atoms with Gasteiger partial charge in [-0.25, -0.2) is 9.37 Å². The Bertz CT molecular complexity index is 1070. The van der Waals surface area contributed by atoms with E-state index in [1.54, 1.807) is 19.1 Å². The van der Waals surface area contributed by atoms with Gasteiger partial charge in [0, 0.05) is 13.1 Å². The van der Waals surface area contributed by atoms with Gasteiger partial charge in [0.15, 0.2) is 5.16 Å². The molecular weight excluding hydrogens is 375 g/mol. The van der Waals surface area contributed by atoms with Crippen LogP contribution in [0.1, 0.15) is 33.4 Å². The lowest BCUT2D eigenvalue weighted by Crippen LogP contribution is -2.41. The number of fused-ring (bicyclic) bond motifs is 2. The fraction of sp³-hybridized carbons (Fsp3) is 0.286. The summed E-state index contributed by atoms with van der Waals surface area (Å²) >= 11 is 1.42. The molecule has 0 spiro atoms. The van der Waals surface area contributed by atoms with Gasteiger partial charge in [0.1, 0.15) is 16.9 Å². The minimum Gasteiger partial charge on any atom is -0.290 e. The van der Waals surface area contributed by atoms with Gasteiger partial charge in [-0.05, 0) is 42.2 Å². The summed E-state index contributed by atoms with van der Waals surface area (Å²) in [4.78, 5) is 19.8. The molecule has 0 saturated carbocycles. The molecule has 0 amide bonds. The number of aryl methyl sites for hydroxylation is 1. The van der Waals surface area contributed by atoms with Crippen LogP contribution in [0.4, 0.5) is 4.39 Å². The molecule has 0 fully saturated rings. The van der Waals surface area contributed by atoms with E-state index in [4.69, 9.17) is 0 Å². The Morgan fingerprint density at radius 3 is 2.79 bits per heavy atom. The molecule has 0 bridgehead atoms. The Labute approximate surface area is 166 Å². The summed E-state index contributed by atoms with van der Waals surface area (Å²) in [5.41, 5.74) is 3.41. The molecule has 2 unspecified atom stereocenters. The highest BCUT2D eigenvalue weighted by atomic mass is 32.2. The van der Waals surface area contributed by atoms with Gasteiger partial charge in [0.05, 0.1) is 6.04 Å². The summed E-state index contributed by atoms with van der Waals surface area (Å²) in [6.07, 6.45) is 0.912. The lowest BCUT2D eigenvalue weighted by Gasteiger charge is -2.37. The molecule has 7 heteroatoms. The molecule has 0 aliphatic carbocycles. The minimum absolute atomic E-state index is 0.0891. The zero-order chi connectivity index (χ0) is 19.3. The number of benzene rings is 2. The molecule has 0 saturated heterocycles. The molecule has 28 heavy (non-hydrogen) atoms. The average molecular weight is 394 g/mol. The quantitative estimate of drug-likeness (QED) is 0.679. The Hall–Kier alpha value is -2.51. The molecule has 142 valence electrons. The first-order valence-corrected chi connectivity index (χ1v) is 10.2. The van der Waals surface area contributed by atoms with Gasteiger partial charge in [-0.1, -0.05) is 48.2 Å². The maximum Gasteiger partial charge on any atom is 0.264 e. The molecule has 2 atom stereocenters. The summed E-state index contributed by atoms with van der Waals surface area (Å²) < 4.78 is 15.4. The Kier molecular flexibility index (Phi) is 4.29. The monoisotopic (exact) mass is 394 g/mol. The van der Waals surface area contributed by atoms with E-state index in [2.05, 4.69) is 33.2 Å². The summed E-state index contributed by atoms with van der Waals surface area (Å²) in [7, 11) is 0. The number of carbonyl (C=O) groups is 1. The summed E-state index contributed by atoms with van der Waals surface area (Å²) in [5, 5.41) is 4.46. The van der Waals surface area contributed by atoms with Crippen molar-refractivity contribution < 1.29 is 9.18 Å². The highest BCUT2D eigenvalue weighted by Crippen LogP contribution is 2.42. The van der Waals surface area contributed by atoms with Crippen LogP contribution in [0.25, 0.3) is 0 Å². The standard InChI is InChI=1S/C21H19FN4OS/c1-13-23-21-26(24-13)20(27)19(28-21)18(15-7-4-8-17(22)11-15)25-10-9-14-5-2-3-6-16(14)12-25/h2-8,11,18-19H,9-10,12H2,1H3. The molecule has 0 N–H and O–H groups in total. The van der Waals surface area contributed by atoms with E-state index in [1.165, 1.54) is 33.6 Å². The number of rotatable bonds is 3. The molecule has 2 aliphatic heterocycles. The predicted molar refractivity (Wildman–Crippen MR) is 105 cm³/mol. The van der Waals surface area contributed by atoms with Gasteiger partial charge in [0.2, 0.25) is 0 Å². The molecule has 5 nitrogen and oxygen atoms in total. The molecule has 3 aromatic rings. The number of aromatic nitrogens is 3. The highest BCUT2D eigenvalue weighted by Gasteiger charge is 2.43. The van der Waals surface area contributed by atoms with Gasteiger partial charge in [-0.3, -0.25) is 9.69 Å². The normalized spacial score (nSPS) is 20.1. The van der Waals surface area contributed by atoms with Crippen LogP contribution in [0.3, 0.4) is 0 Å². The van der Waals surface area contributed by atoms with Gasteiger partial charge < -0.3 is 0 Å². The first kappa shape index (κ1) is 17.6. The molecule has 2 aromatic carbocycles. The zero-order valence-corrected chi connectivity index (χ0v) is 16.2. The van der Waals surface area contributed by atoms with Gasteiger partial charge in [0.25, 0.3) is 5.91 Å².